The van der Waals surface area contributed by atoms with E-state index in [4.69, 9.17) is 5.73 Å². The Balaban J connectivity index is 1.76. The third-order valence-electron chi connectivity index (χ3n) is 3.66. The van der Waals surface area contributed by atoms with Crippen molar-refractivity contribution in [2.45, 2.75) is 44.6 Å². The Morgan fingerprint density at radius 2 is 2.22 bits per heavy atom. The van der Waals surface area contributed by atoms with Crippen molar-refractivity contribution in [2.24, 2.45) is 11.7 Å². The zero-order valence-corrected chi connectivity index (χ0v) is 11.5. The highest BCUT2D eigenvalue weighted by molar-refractivity contribution is 7.09. The Kier molecular flexibility index (Phi) is 5.20. The van der Waals surface area contributed by atoms with Crippen molar-refractivity contribution in [3.8, 4) is 0 Å². The van der Waals surface area contributed by atoms with Crippen LogP contribution in [0.5, 0.6) is 0 Å². The molecular formula is C14H22N2OS. The van der Waals surface area contributed by atoms with Crippen molar-refractivity contribution in [2.75, 3.05) is 6.54 Å². The minimum absolute atomic E-state index is 0.0239. The highest BCUT2D eigenvalue weighted by Crippen LogP contribution is 2.22. The summed E-state index contributed by atoms with van der Waals surface area (Å²) in [5, 5.41) is 5.10. The highest BCUT2D eigenvalue weighted by atomic mass is 32.1. The average Bonchev–Trinajstić information content (AvgIpc) is 2.77. The van der Waals surface area contributed by atoms with E-state index in [1.54, 1.807) is 11.3 Å². The normalized spacial score (nSPS) is 24.5. The summed E-state index contributed by atoms with van der Waals surface area (Å²) >= 11 is 1.74. The van der Waals surface area contributed by atoms with E-state index >= 15 is 0 Å². The monoisotopic (exact) mass is 266 g/mol. The molecule has 2 rings (SSSR count). The molecule has 3 N–H and O–H groups in total. The van der Waals surface area contributed by atoms with E-state index in [2.05, 4.69) is 16.8 Å². The number of nitrogens with two attached hydrogens (primary N) is 1. The highest BCUT2D eigenvalue weighted by Gasteiger charge is 2.26. The molecule has 18 heavy (non-hydrogen) atoms. The van der Waals surface area contributed by atoms with Crippen LogP contribution in [0.1, 0.15) is 37.0 Å². The molecule has 0 aliphatic heterocycles. The maximum absolute atomic E-state index is 12.1. The van der Waals surface area contributed by atoms with Gasteiger partial charge in [-0.05, 0) is 30.7 Å². The standard InChI is InChI=1S/C14H22N2OS/c15-13-7-3-1-2-6-12(13)14(17)16-9-8-11-5-4-10-18-11/h4-5,10,12-13H,1-3,6-9,15H2,(H,16,17). The van der Waals surface area contributed by atoms with Crippen LogP contribution in [-0.4, -0.2) is 18.5 Å². The van der Waals surface area contributed by atoms with Crippen LogP contribution in [0, 0.1) is 5.92 Å². The summed E-state index contributed by atoms with van der Waals surface area (Å²) in [6.07, 6.45) is 6.38. The van der Waals surface area contributed by atoms with Crippen LogP contribution in [0.15, 0.2) is 17.5 Å². The van der Waals surface area contributed by atoms with Gasteiger partial charge in [0.2, 0.25) is 5.91 Å². The molecule has 0 saturated heterocycles. The van der Waals surface area contributed by atoms with Crippen molar-refractivity contribution < 1.29 is 4.79 Å². The average molecular weight is 266 g/mol. The van der Waals surface area contributed by atoms with Gasteiger partial charge in [0.05, 0.1) is 5.92 Å². The summed E-state index contributed by atoms with van der Waals surface area (Å²) in [6, 6.07) is 4.20. The smallest absolute Gasteiger partial charge is 0.224 e. The number of hydrogen-bond acceptors (Lipinski definition) is 3. The lowest BCUT2D eigenvalue weighted by Crippen LogP contribution is -2.41. The molecule has 1 heterocycles. The van der Waals surface area contributed by atoms with Crippen molar-refractivity contribution in [3.05, 3.63) is 22.4 Å². The zero-order valence-electron chi connectivity index (χ0n) is 10.7. The number of nitrogens with one attached hydrogen (secondary N) is 1. The predicted octanol–water partition coefficient (Wildman–Crippen LogP) is 2.31. The molecule has 1 amide bonds. The third-order valence-corrected chi connectivity index (χ3v) is 4.59. The molecule has 1 saturated carbocycles. The van der Waals surface area contributed by atoms with E-state index in [0.717, 1.165) is 32.2 Å². The van der Waals surface area contributed by atoms with Crippen LogP contribution in [-0.2, 0) is 11.2 Å². The maximum Gasteiger partial charge on any atom is 0.224 e. The zero-order chi connectivity index (χ0) is 12.8. The Bertz CT molecular complexity index is 364. The van der Waals surface area contributed by atoms with Gasteiger partial charge in [-0.25, -0.2) is 0 Å². The fourth-order valence-corrected chi connectivity index (χ4v) is 3.27. The molecule has 0 spiro atoms. The minimum Gasteiger partial charge on any atom is -0.355 e. The second-order valence-electron chi connectivity index (χ2n) is 5.03. The predicted molar refractivity (Wildman–Crippen MR) is 75.6 cm³/mol. The topological polar surface area (TPSA) is 55.1 Å². The fraction of sp³-hybridized carbons (Fsp3) is 0.643. The van der Waals surface area contributed by atoms with E-state index in [0.29, 0.717) is 0 Å². The van der Waals surface area contributed by atoms with Gasteiger partial charge in [-0.2, -0.15) is 0 Å². The molecule has 3 nitrogen and oxygen atoms in total. The number of carbonyl (C=O) groups is 1. The molecule has 0 bridgehead atoms. The van der Waals surface area contributed by atoms with Crippen molar-refractivity contribution in [1.82, 2.24) is 5.32 Å². The van der Waals surface area contributed by atoms with Crippen LogP contribution in [0.2, 0.25) is 0 Å². The molecule has 1 aliphatic carbocycles. The molecular weight excluding hydrogens is 244 g/mol. The van der Waals surface area contributed by atoms with Gasteiger partial charge in [-0.1, -0.05) is 25.3 Å². The van der Waals surface area contributed by atoms with Gasteiger partial charge in [0.15, 0.2) is 0 Å². The third kappa shape index (κ3) is 3.82. The number of thiophene rings is 1. The Hall–Kier alpha value is -0.870. The molecule has 1 aliphatic rings. The van der Waals surface area contributed by atoms with Gasteiger partial charge >= 0.3 is 0 Å². The van der Waals surface area contributed by atoms with E-state index in [1.165, 1.54) is 17.7 Å². The Morgan fingerprint density at radius 3 is 3.00 bits per heavy atom. The molecule has 0 radical (unpaired) electrons. The van der Waals surface area contributed by atoms with Crippen LogP contribution in [0.25, 0.3) is 0 Å². The lowest BCUT2D eigenvalue weighted by Gasteiger charge is -2.20. The molecule has 1 aromatic heterocycles. The lowest BCUT2D eigenvalue weighted by atomic mass is 9.94. The summed E-state index contributed by atoms with van der Waals surface area (Å²) in [4.78, 5) is 13.4. The molecule has 2 atom stereocenters. The Morgan fingerprint density at radius 1 is 1.39 bits per heavy atom. The minimum atomic E-state index is 0.0239. The molecule has 1 aromatic rings. The van der Waals surface area contributed by atoms with Gasteiger partial charge in [0, 0.05) is 17.5 Å². The number of rotatable bonds is 4. The first kappa shape index (κ1) is 13.6. The molecule has 100 valence electrons. The second kappa shape index (κ2) is 6.90. The quantitative estimate of drug-likeness (QED) is 0.822. The van der Waals surface area contributed by atoms with Crippen molar-refractivity contribution in [1.29, 1.82) is 0 Å². The number of amides is 1. The van der Waals surface area contributed by atoms with Crippen molar-refractivity contribution in [3.63, 3.8) is 0 Å². The van der Waals surface area contributed by atoms with Gasteiger partial charge in [-0.15, -0.1) is 11.3 Å². The maximum atomic E-state index is 12.1. The summed E-state index contributed by atoms with van der Waals surface area (Å²) < 4.78 is 0. The van der Waals surface area contributed by atoms with Gasteiger partial charge in [-0.3, -0.25) is 4.79 Å². The first-order chi connectivity index (χ1) is 8.77. The van der Waals surface area contributed by atoms with Crippen LogP contribution >= 0.6 is 11.3 Å². The number of hydrogen-bond donors (Lipinski definition) is 2. The summed E-state index contributed by atoms with van der Waals surface area (Å²) in [7, 11) is 0. The first-order valence-corrected chi connectivity index (χ1v) is 7.71. The molecule has 4 heteroatoms. The van der Waals surface area contributed by atoms with E-state index < -0.39 is 0 Å². The van der Waals surface area contributed by atoms with Crippen LogP contribution < -0.4 is 11.1 Å². The van der Waals surface area contributed by atoms with Gasteiger partial charge in [0.1, 0.15) is 0 Å². The van der Waals surface area contributed by atoms with Gasteiger partial charge < -0.3 is 11.1 Å². The largest absolute Gasteiger partial charge is 0.355 e. The summed E-state index contributed by atoms with van der Waals surface area (Å²) in [5.41, 5.74) is 6.09. The molecule has 2 unspecified atom stereocenters. The molecule has 1 fully saturated rings. The lowest BCUT2D eigenvalue weighted by molar-refractivity contribution is -0.125. The number of carbonyl (C=O) groups excluding carboxylic acids is 1. The van der Waals surface area contributed by atoms with E-state index in [-0.39, 0.29) is 17.9 Å². The fourth-order valence-electron chi connectivity index (χ4n) is 2.56. The SMILES string of the molecule is NC1CCCCCC1C(=O)NCCc1cccs1. The van der Waals surface area contributed by atoms with Crippen LogP contribution in [0.3, 0.4) is 0 Å². The van der Waals surface area contributed by atoms with Gasteiger partial charge in [0.25, 0.3) is 0 Å². The van der Waals surface area contributed by atoms with E-state index in [1.807, 2.05) is 6.07 Å². The second-order valence-corrected chi connectivity index (χ2v) is 6.06. The summed E-state index contributed by atoms with van der Waals surface area (Å²) in [6.45, 7) is 0.725. The van der Waals surface area contributed by atoms with Crippen molar-refractivity contribution >= 4 is 17.2 Å². The van der Waals surface area contributed by atoms with Crippen LogP contribution in [0.4, 0.5) is 0 Å². The first-order valence-electron chi connectivity index (χ1n) is 6.83. The summed E-state index contributed by atoms with van der Waals surface area (Å²) in [5.74, 6) is 0.178. The molecule has 0 aromatic carbocycles. The Labute approximate surface area is 113 Å². The van der Waals surface area contributed by atoms with E-state index in [9.17, 15) is 4.79 Å².